The number of phenols is 1. The molecule has 0 bridgehead atoms. The number of aryl methyl sites for hydroxylation is 1. The highest BCUT2D eigenvalue weighted by Gasteiger charge is 2.13. The third-order valence-electron chi connectivity index (χ3n) is 3.56. The second-order valence-electron chi connectivity index (χ2n) is 5.06. The number of benzene rings is 2. The van der Waals surface area contributed by atoms with Crippen molar-refractivity contribution in [3.63, 3.8) is 0 Å². The van der Waals surface area contributed by atoms with Crippen LogP contribution in [0, 0.1) is 0 Å². The van der Waals surface area contributed by atoms with Crippen LogP contribution in [-0.2, 0) is 12.8 Å². The number of fused-ring (bicyclic) bond motifs is 1. The minimum atomic E-state index is 0.368. The zero-order chi connectivity index (χ0) is 13.8. The van der Waals surface area contributed by atoms with Gasteiger partial charge in [-0.25, -0.2) is 0 Å². The van der Waals surface area contributed by atoms with E-state index >= 15 is 0 Å². The zero-order valence-corrected chi connectivity index (χ0v) is 11.4. The Morgan fingerprint density at radius 2 is 2.00 bits per heavy atom. The van der Waals surface area contributed by atoms with Crippen LogP contribution in [-0.4, -0.2) is 11.7 Å². The Labute approximate surface area is 119 Å². The summed E-state index contributed by atoms with van der Waals surface area (Å²) in [5.41, 5.74) is 3.20. The molecule has 0 unspecified atom stereocenters. The standard InChI is InChI=1S/C18H18O2/c19-17-12-16-10-5-11-20-18(16)13-15(17)9-4-8-14-6-2-1-3-7-14/h1-4,6-8,12-13,19H,5,9-11H2. The third kappa shape index (κ3) is 2.85. The lowest BCUT2D eigenvalue weighted by atomic mass is 10.0. The number of ether oxygens (including phenoxy) is 1. The summed E-state index contributed by atoms with van der Waals surface area (Å²) >= 11 is 0. The van der Waals surface area contributed by atoms with Crippen LogP contribution in [0.1, 0.15) is 23.1 Å². The molecular weight excluding hydrogens is 248 g/mol. The van der Waals surface area contributed by atoms with E-state index in [9.17, 15) is 5.11 Å². The van der Waals surface area contributed by atoms with Crippen LogP contribution in [0.5, 0.6) is 11.5 Å². The van der Waals surface area contributed by atoms with Gasteiger partial charge in [-0.1, -0.05) is 42.5 Å². The smallest absolute Gasteiger partial charge is 0.123 e. The minimum Gasteiger partial charge on any atom is -0.508 e. The monoisotopic (exact) mass is 266 g/mol. The molecule has 1 aliphatic rings. The normalized spacial score (nSPS) is 14.0. The molecule has 0 spiro atoms. The molecule has 2 aromatic carbocycles. The van der Waals surface area contributed by atoms with Crippen molar-refractivity contribution < 1.29 is 9.84 Å². The SMILES string of the molecule is Oc1cc2c(cc1CC=Cc1ccccc1)OCCC2. The molecule has 2 aromatic rings. The molecule has 0 aliphatic carbocycles. The maximum absolute atomic E-state index is 10.1. The number of aromatic hydroxyl groups is 1. The Kier molecular flexibility index (Phi) is 3.73. The van der Waals surface area contributed by atoms with Gasteiger partial charge < -0.3 is 9.84 Å². The lowest BCUT2D eigenvalue weighted by molar-refractivity contribution is 0.287. The first-order valence-electron chi connectivity index (χ1n) is 7.02. The maximum atomic E-state index is 10.1. The van der Waals surface area contributed by atoms with Crippen LogP contribution < -0.4 is 4.74 Å². The van der Waals surface area contributed by atoms with E-state index in [4.69, 9.17) is 4.74 Å². The molecule has 20 heavy (non-hydrogen) atoms. The van der Waals surface area contributed by atoms with Crippen molar-refractivity contribution >= 4 is 6.08 Å². The third-order valence-corrected chi connectivity index (χ3v) is 3.56. The maximum Gasteiger partial charge on any atom is 0.123 e. The Morgan fingerprint density at radius 3 is 2.85 bits per heavy atom. The van der Waals surface area contributed by atoms with Gasteiger partial charge in [0.2, 0.25) is 0 Å². The van der Waals surface area contributed by atoms with Crippen LogP contribution in [0.4, 0.5) is 0 Å². The number of rotatable bonds is 3. The fourth-order valence-electron chi connectivity index (χ4n) is 2.48. The fraction of sp³-hybridized carbons (Fsp3) is 0.222. The van der Waals surface area contributed by atoms with Gasteiger partial charge in [0.15, 0.2) is 0 Å². The van der Waals surface area contributed by atoms with E-state index in [1.165, 1.54) is 5.56 Å². The summed E-state index contributed by atoms with van der Waals surface area (Å²) in [5.74, 6) is 1.30. The summed E-state index contributed by atoms with van der Waals surface area (Å²) < 4.78 is 5.65. The van der Waals surface area contributed by atoms with Gasteiger partial charge in [-0.2, -0.15) is 0 Å². The van der Waals surface area contributed by atoms with Crippen molar-refractivity contribution in [1.29, 1.82) is 0 Å². The largest absolute Gasteiger partial charge is 0.508 e. The summed E-state index contributed by atoms with van der Waals surface area (Å²) in [6.07, 6.45) is 6.86. The van der Waals surface area contributed by atoms with Gasteiger partial charge in [0, 0.05) is 5.56 Å². The second-order valence-corrected chi connectivity index (χ2v) is 5.06. The Balaban J connectivity index is 1.76. The number of hydrogen-bond donors (Lipinski definition) is 1. The fourth-order valence-corrected chi connectivity index (χ4v) is 2.48. The molecule has 1 heterocycles. The highest BCUT2D eigenvalue weighted by atomic mass is 16.5. The molecule has 0 saturated heterocycles. The molecule has 2 heteroatoms. The summed E-state index contributed by atoms with van der Waals surface area (Å²) in [6.45, 7) is 0.775. The van der Waals surface area contributed by atoms with Gasteiger partial charge in [-0.15, -0.1) is 0 Å². The first kappa shape index (κ1) is 12.8. The van der Waals surface area contributed by atoms with E-state index in [0.717, 1.165) is 36.3 Å². The van der Waals surface area contributed by atoms with E-state index in [-0.39, 0.29) is 0 Å². The first-order valence-corrected chi connectivity index (χ1v) is 7.02. The second kappa shape index (κ2) is 5.83. The lowest BCUT2D eigenvalue weighted by Crippen LogP contribution is -2.08. The van der Waals surface area contributed by atoms with E-state index < -0.39 is 0 Å². The molecule has 102 valence electrons. The predicted octanol–water partition coefficient (Wildman–Crippen LogP) is 3.97. The summed E-state index contributed by atoms with van der Waals surface area (Å²) in [5, 5.41) is 10.1. The topological polar surface area (TPSA) is 29.5 Å². The van der Waals surface area contributed by atoms with Crippen LogP contribution in [0.2, 0.25) is 0 Å². The number of allylic oxidation sites excluding steroid dienone is 1. The molecule has 0 saturated carbocycles. The molecule has 3 rings (SSSR count). The lowest BCUT2D eigenvalue weighted by Gasteiger charge is -2.18. The molecule has 1 N–H and O–H groups in total. The van der Waals surface area contributed by atoms with Crippen molar-refractivity contribution in [2.75, 3.05) is 6.61 Å². The minimum absolute atomic E-state index is 0.368. The van der Waals surface area contributed by atoms with Gasteiger partial charge in [0.1, 0.15) is 11.5 Å². The quantitative estimate of drug-likeness (QED) is 0.910. The van der Waals surface area contributed by atoms with Gasteiger partial charge in [0.05, 0.1) is 6.61 Å². The summed E-state index contributed by atoms with van der Waals surface area (Å²) in [4.78, 5) is 0. The molecule has 0 radical (unpaired) electrons. The first-order chi connectivity index (χ1) is 9.83. The zero-order valence-electron chi connectivity index (χ0n) is 11.4. The summed E-state index contributed by atoms with van der Waals surface area (Å²) in [7, 11) is 0. The van der Waals surface area contributed by atoms with Crippen molar-refractivity contribution in [3.8, 4) is 11.5 Å². The molecule has 1 aliphatic heterocycles. The Hall–Kier alpha value is -2.22. The van der Waals surface area contributed by atoms with Crippen molar-refractivity contribution in [3.05, 3.63) is 65.2 Å². The summed E-state index contributed by atoms with van der Waals surface area (Å²) in [6, 6.07) is 14.0. The van der Waals surface area contributed by atoms with E-state index in [2.05, 4.69) is 24.3 Å². The number of phenolic OH excluding ortho intramolecular Hbond substituents is 1. The Morgan fingerprint density at radius 1 is 1.15 bits per heavy atom. The predicted molar refractivity (Wildman–Crippen MR) is 81.1 cm³/mol. The van der Waals surface area contributed by atoms with Crippen LogP contribution in [0.3, 0.4) is 0 Å². The highest BCUT2D eigenvalue weighted by Crippen LogP contribution is 2.32. The van der Waals surface area contributed by atoms with Crippen molar-refractivity contribution in [1.82, 2.24) is 0 Å². The van der Waals surface area contributed by atoms with E-state index in [1.807, 2.05) is 30.3 Å². The molecule has 0 atom stereocenters. The van der Waals surface area contributed by atoms with Gasteiger partial charge in [-0.3, -0.25) is 0 Å². The molecule has 2 nitrogen and oxygen atoms in total. The molecular formula is C18H18O2. The molecule has 0 aromatic heterocycles. The number of hydrogen-bond acceptors (Lipinski definition) is 2. The average molecular weight is 266 g/mol. The van der Waals surface area contributed by atoms with Gasteiger partial charge in [-0.05, 0) is 42.5 Å². The van der Waals surface area contributed by atoms with Crippen LogP contribution >= 0.6 is 0 Å². The van der Waals surface area contributed by atoms with Crippen LogP contribution in [0.15, 0.2) is 48.5 Å². The van der Waals surface area contributed by atoms with Crippen LogP contribution in [0.25, 0.3) is 6.08 Å². The van der Waals surface area contributed by atoms with Gasteiger partial charge in [0.25, 0.3) is 0 Å². The molecule has 0 amide bonds. The van der Waals surface area contributed by atoms with Gasteiger partial charge >= 0.3 is 0 Å². The van der Waals surface area contributed by atoms with Crippen molar-refractivity contribution in [2.45, 2.75) is 19.3 Å². The Bertz CT molecular complexity index is 615. The average Bonchev–Trinajstić information content (AvgIpc) is 2.49. The van der Waals surface area contributed by atoms with E-state index in [1.54, 1.807) is 0 Å². The van der Waals surface area contributed by atoms with Crippen molar-refractivity contribution in [2.24, 2.45) is 0 Å². The molecule has 0 fully saturated rings. The highest BCUT2D eigenvalue weighted by molar-refractivity contribution is 5.52. The van der Waals surface area contributed by atoms with E-state index in [0.29, 0.717) is 12.2 Å².